The van der Waals surface area contributed by atoms with E-state index in [1.807, 2.05) is 0 Å². The molecule has 0 bridgehead atoms. The van der Waals surface area contributed by atoms with Crippen molar-refractivity contribution >= 4 is 37.5 Å². The Hall–Kier alpha value is -1.61. The first-order valence-corrected chi connectivity index (χ1v) is 7.28. The molecule has 1 aromatic heterocycles. The number of nitrogens with one attached hydrogen (secondary N) is 1. The van der Waals surface area contributed by atoms with Crippen LogP contribution in [0, 0.1) is 12.7 Å². The van der Waals surface area contributed by atoms with Crippen molar-refractivity contribution in [1.29, 1.82) is 0 Å². The molecule has 0 spiro atoms. The van der Waals surface area contributed by atoms with E-state index in [0.29, 0.717) is 5.69 Å². The Kier molecular flexibility index (Phi) is 3.50. The fraction of sp³-hybridized carbons (Fsp3) is 0.100. The number of hydrogen-bond donors (Lipinski definition) is 2. The molecular weight excluding hydrogens is 341 g/mol. The first-order chi connectivity index (χ1) is 8.79. The maximum atomic E-state index is 13.7. The molecule has 1 aromatic carbocycles. The third kappa shape index (κ3) is 2.87. The molecule has 0 radical (unpaired) electrons. The molecule has 0 saturated carbocycles. The standard InChI is InChI=1S/C10H9BrFN3O3S/c1-5-2-10(18-14-5)15-19(16,17)9-4-8(13)6(11)3-7(9)12/h2-4,15H,13H2,1H3. The molecule has 0 aliphatic carbocycles. The van der Waals surface area contributed by atoms with Gasteiger partial charge in [-0.2, -0.15) is 0 Å². The molecule has 1 heterocycles. The Morgan fingerprint density at radius 3 is 2.68 bits per heavy atom. The van der Waals surface area contributed by atoms with Crippen LogP contribution in [0.5, 0.6) is 0 Å². The van der Waals surface area contributed by atoms with Crippen molar-refractivity contribution in [2.45, 2.75) is 11.8 Å². The molecule has 9 heteroatoms. The van der Waals surface area contributed by atoms with E-state index in [2.05, 4.69) is 25.8 Å². The van der Waals surface area contributed by atoms with Crippen molar-refractivity contribution in [1.82, 2.24) is 5.16 Å². The highest BCUT2D eigenvalue weighted by molar-refractivity contribution is 9.10. The number of anilines is 2. The molecule has 0 amide bonds. The summed E-state index contributed by atoms with van der Waals surface area (Å²) in [5.74, 6) is -1.02. The van der Waals surface area contributed by atoms with Crippen LogP contribution in [0.25, 0.3) is 0 Å². The van der Waals surface area contributed by atoms with Gasteiger partial charge in [-0.25, -0.2) is 17.5 Å². The Labute approximate surface area is 117 Å². The van der Waals surface area contributed by atoms with Gasteiger partial charge in [0.15, 0.2) is 0 Å². The first-order valence-electron chi connectivity index (χ1n) is 5.00. The third-order valence-electron chi connectivity index (χ3n) is 2.20. The Morgan fingerprint density at radius 1 is 1.42 bits per heavy atom. The number of aryl methyl sites for hydroxylation is 1. The summed E-state index contributed by atoms with van der Waals surface area (Å²) in [6.07, 6.45) is 0. The van der Waals surface area contributed by atoms with Gasteiger partial charge in [0.05, 0.1) is 5.69 Å². The van der Waals surface area contributed by atoms with Crippen molar-refractivity contribution in [2.75, 3.05) is 10.5 Å². The predicted molar refractivity (Wildman–Crippen MR) is 70.6 cm³/mol. The van der Waals surface area contributed by atoms with Gasteiger partial charge in [0.2, 0.25) is 5.88 Å². The Balaban J connectivity index is 2.42. The highest BCUT2D eigenvalue weighted by Gasteiger charge is 2.22. The summed E-state index contributed by atoms with van der Waals surface area (Å²) in [5.41, 5.74) is 6.14. The minimum atomic E-state index is -4.13. The van der Waals surface area contributed by atoms with Gasteiger partial charge in [-0.15, -0.1) is 0 Å². The second-order valence-electron chi connectivity index (χ2n) is 3.74. The highest BCUT2D eigenvalue weighted by Crippen LogP contribution is 2.27. The van der Waals surface area contributed by atoms with Gasteiger partial charge < -0.3 is 10.3 Å². The lowest BCUT2D eigenvalue weighted by Crippen LogP contribution is -2.14. The molecule has 2 rings (SSSR count). The summed E-state index contributed by atoms with van der Waals surface area (Å²) in [6, 6.07) is 3.37. The molecule has 0 atom stereocenters. The smallest absolute Gasteiger partial charge is 0.267 e. The molecular formula is C10H9BrFN3O3S. The van der Waals surface area contributed by atoms with Gasteiger partial charge in [-0.3, -0.25) is 0 Å². The highest BCUT2D eigenvalue weighted by atomic mass is 79.9. The van der Waals surface area contributed by atoms with Crippen LogP contribution >= 0.6 is 15.9 Å². The topological polar surface area (TPSA) is 98.2 Å². The van der Waals surface area contributed by atoms with E-state index in [0.717, 1.165) is 12.1 Å². The van der Waals surface area contributed by atoms with Gasteiger partial charge in [0.25, 0.3) is 10.0 Å². The molecule has 3 N–H and O–H groups in total. The summed E-state index contributed by atoms with van der Waals surface area (Å²) in [5, 5.41) is 3.52. The van der Waals surface area contributed by atoms with E-state index in [-0.39, 0.29) is 16.0 Å². The fourth-order valence-electron chi connectivity index (χ4n) is 1.35. The lowest BCUT2D eigenvalue weighted by Gasteiger charge is -2.07. The first kappa shape index (κ1) is 13.8. The number of benzene rings is 1. The van der Waals surface area contributed by atoms with E-state index in [4.69, 9.17) is 10.3 Å². The van der Waals surface area contributed by atoms with Crippen LogP contribution in [0.1, 0.15) is 5.69 Å². The minimum absolute atomic E-state index is 0.0987. The SMILES string of the molecule is Cc1cc(NS(=O)(=O)c2cc(N)c(Br)cc2F)on1. The quantitative estimate of drug-likeness (QED) is 0.828. The van der Waals surface area contributed by atoms with E-state index < -0.39 is 20.7 Å². The molecule has 19 heavy (non-hydrogen) atoms. The van der Waals surface area contributed by atoms with Gasteiger partial charge in [0.1, 0.15) is 10.7 Å². The van der Waals surface area contributed by atoms with Crippen molar-refractivity contribution in [2.24, 2.45) is 0 Å². The summed E-state index contributed by atoms with van der Waals surface area (Å²) in [4.78, 5) is -0.567. The summed E-state index contributed by atoms with van der Waals surface area (Å²) in [6.45, 7) is 1.62. The maximum Gasteiger partial charge on any atom is 0.267 e. The Morgan fingerprint density at radius 2 is 2.11 bits per heavy atom. The van der Waals surface area contributed by atoms with E-state index in [9.17, 15) is 12.8 Å². The number of nitrogens with zero attached hydrogens (tertiary/aromatic N) is 1. The lowest BCUT2D eigenvalue weighted by molar-refractivity contribution is 0.430. The number of sulfonamides is 1. The zero-order valence-corrected chi connectivity index (χ0v) is 12.0. The molecule has 0 aliphatic rings. The van der Waals surface area contributed by atoms with Crippen molar-refractivity contribution in [3.05, 3.63) is 34.2 Å². The third-order valence-corrected chi connectivity index (χ3v) is 4.25. The monoisotopic (exact) mass is 349 g/mol. The molecule has 0 fully saturated rings. The average Bonchev–Trinajstić information content (AvgIpc) is 2.68. The zero-order chi connectivity index (χ0) is 14.2. The summed E-state index contributed by atoms with van der Waals surface area (Å²) < 4.78 is 44.7. The second kappa shape index (κ2) is 4.82. The predicted octanol–water partition coefficient (Wildman–Crippen LogP) is 2.27. The van der Waals surface area contributed by atoms with Crippen LogP contribution in [0.2, 0.25) is 0 Å². The van der Waals surface area contributed by atoms with E-state index >= 15 is 0 Å². The van der Waals surface area contributed by atoms with Crippen molar-refractivity contribution in [3.8, 4) is 0 Å². The second-order valence-corrected chi connectivity index (χ2v) is 6.25. The molecule has 2 aromatic rings. The number of aromatic nitrogens is 1. The van der Waals surface area contributed by atoms with Gasteiger partial charge in [-0.1, -0.05) is 5.16 Å². The van der Waals surface area contributed by atoms with E-state index in [1.165, 1.54) is 6.07 Å². The normalized spacial score (nSPS) is 11.5. The minimum Gasteiger partial charge on any atom is -0.398 e. The summed E-state index contributed by atoms with van der Waals surface area (Å²) in [7, 11) is -4.13. The Bertz CT molecular complexity index is 730. The van der Waals surface area contributed by atoms with Gasteiger partial charge >= 0.3 is 0 Å². The average molecular weight is 350 g/mol. The zero-order valence-electron chi connectivity index (χ0n) is 9.65. The van der Waals surface area contributed by atoms with Crippen LogP contribution in [-0.2, 0) is 10.0 Å². The molecule has 6 nitrogen and oxygen atoms in total. The van der Waals surface area contributed by atoms with Crippen LogP contribution in [0.4, 0.5) is 16.0 Å². The number of hydrogen-bond acceptors (Lipinski definition) is 5. The van der Waals surface area contributed by atoms with Crippen molar-refractivity contribution < 1.29 is 17.3 Å². The number of halogens is 2. The lowest BCUT2D eigenvalue weighted by atomic mass is 10.3. The molecule has 0 aliphatic heterocycles. The molecule has 0 unspecified atom stereocenters. The van der Waals surface area contributed by atoms with Gasteiger partial charge in [0, 0.05) is 16.2 Å². The number of nitrogen functional groups attached to an aromatic ring is 1. The van der Waals surface area contributed by atoms with E-state index in [1.54, 1.807) is 6.92 Å². The largest absolute Gasteiger partial charge is 0.398 e. The van der Waals surface area contributed by atoms with Crippen LogP contribution < -0.4 is 10.5 Å². The van der Waals surface area contributed by atoms with Crippen LogP contribution in [-0.4, -0.2) is 13.6 Å². The molecule has 0 saturated heterocycles. The van der Waals surface area contributed by atoms with Crippen LogP contribution in [0.15, 0.2) is 32.1 Å². The maximum absolute atomic E-state index is 13.7. The summed E-state index contributed by atoms with van der Waals surface area (Å²) >= 11 is 3.01. The number of rotatable bonds is 3. The molecule has 102 valence electrons. The number of nitrogens with two attached hydrogens (primary N) is 1. The fourth-order valence-corrected chi connectivity index (χ4v) is 2.73. The van der Waals surface area contributed by atoms with Gasteiger partial charge in [-0.05, 0) is 35.0 Å². The van der Waals surface area contributed by atoms with Crippen LogP contribution in [0.3, 0.4) is 0 Å². The van der Waals surface area contributed by atoms with Crippen molar-refractivity contribution in [3.63, 3.8) is 0 Å².